The van der Waals surface area contributed by atoms with Crippen molar-refractivity contribution in [2.75, 3.05) is 0 Å². The summed E-state index contributed by atoms with van der Waals surface area (Å²) < 4.78 is 0. The molecule has 0 saturated carbocycles. The maximum absolute atomic E-state index is 11.4. The van der Waals surface area contributed by atoms with Crippen molar-refractivity contribution >= 4 is 30.6 Å². The normalized spacial score (nSPS) is 11.2. The minimum atomic E-state index is 0.692. The van der Waals surface area contributed by atoms with E-state index in [1.807, 2.05) is 85.0 Å². The fourth-order valence-electron chi connectivity index (χ4n) is 2.54. The maximum Gasteiger partial charge on any atom is 0.150 e. The largest absolute Gasteiger partial charge is 0.298 e. The van der Waals surface area contributed by atoms with Crippen LogP contribution in [0.5, 0.6) is 0 Å². The highest BCUT2D eigenvalue weighted by Gasteiger charge is 2.03. The summed E-state index contributed by atoms with van der Waals surface area (Å²) in [7, 11) is 0. The predicted molar refractivity (Wildman–Crippen MR) is 103 cm³/mol. The van der Waals surface area contributed by atoms with Gasteiger partial charge >= 0.3 is 0 Å². The average molecular weight is 310 g/mol. The van der Waals surface area contributed by atoms with Crippen LogP contribution in [0, 0.1) is 0 Å². The van der Waals surface area contributed by atoms with Crippen LogP contribution in [-0.4, -0.2) is 6.29 Å². The highest BCUT2D eigenvalue weighted by molar-refractivity contribution is 5.89. The van der Waals surface area contributed by atoms with Crippen LogP contribution < -0.4 is 0 Å². The third-order valence-electron chi connectivity index (χ3n) is 3.80. The van der Waals surface area contributed by atoms with Crippen LogP contribution in [0.2, 0.25) is 0 Å². The van der Waals surface area contributed by atoms with E-state index in [-0.39, 0.29) is 0 Å². The Kier molecular flexibility index (Phi) is 5.16. The predicted octanol–water partition coefficient (Wildman–Crippen LogP) is 5.84. The van der Waals surface area contributed by atoms with Gasteiger partial charge in [0.25, 0.3) is 0 Å². The second-order valence-corrected chi connectivity index (χ2v) is 5.46. The van der Waals surface area contributed by atoms with Crippen LogP contribution in [0.15, 0.2) is 78.9 Å². The van der Waals surface area contributed by atoms with Gasteiger partial charge in [-0.15, -0.1) is 0 Å². The van der Waals surface area contributed by atoms with Crippen molar-refractivity contribution in [3.63, 3.8) is 0 Å². The summed E-state index contributed by atoms with van der Waals surface area (Å²) in [5, 5.41) is 0. The first-order chi connectivity index (χ1) is 11.9. The van der Waals surface area contributed by atoms with E-state index in [0.29, 0.717) is 5.56 Å². The molecule has 0 aliphatic carbocycles. The van der Waals surface area contributed by atoms with E-state index in [1.165, 1.54) is 0 Å². The number of hydrogen-bond donors (Lipinski definition) is 0. The van der Waals surface area contributed by atoms with Gasteiger partial charge in [0.2, 0.25) is 0 Å². The number of rotatable bonds is 5. The van der Waals surface area contributed by atoms with Crippen molar-refractivity contribution in [2.24, 2.45) is 0 Å². The molecule has 0 heterocycles. The van der Waals surface area contributed by atoms with Gasteiger partial charge in [-0.3, -0.25) is 4.79 Å². The van der Waals surface area contributed by atoms with E-state index in [1.54, 1.807) is 0 Å². The molecule has 0 unspecified atom stereocenters. The molecule has 0 spiro atoms. The summed E-state index contributed by atoms with van der Waals surface area (Å²) in [6, 6.07) is 26.0. The standard InChI is InChI=1S/C23H18O/c24-18-22-13-7-12-21(16-14-19-8-3-1-4-9-19)23(22)17-15-20-10-5-2-6-11-20/h1-18H. The van der Waals surface area contributed by atoms with E-state index in [9.17, 15) is 4.79 Å². The Balaban J connectivity index is 1.96. The lowest BCUT2D eigenvalue weighted by Gasteiger charge is -2.05. The first-order valence-electron chi connectivity index (χ1n) is 7.91. The number of hydrogen-bond acceptors (Lipinski definition) is 1. The van der Waals surface area contributed by atoms with Crippen molar-refractivity contribution in [1.29, 1.82) is 0 Å². The molecule has 1 nitrogen and oxygen atoms in total. The molecule has 0 aliphatic heterocycles. The number of benzene rings is 3. The summed E-state index contributed by atoms with van der Waals surface area (Å²) in [4.78, 5) is 11.4. The van der Waals surface area contributed by atoms with E-state index >= 15 is 0 Å². The third-order valence-corrected chi connectivity index (χ3v) is 3.80. The summed E-state index contributed by atoms with van der Waals surface area (Å²) in [6.07, 6.45) is 9.05. The van der Waals surface area contributed by atoms with Crippen LogP contribution in [0.25, 0.3) is 24.3 Å². The smallest absolute Gasteiger partial charge is 0.150 e. The lowest BCUT2D eigenvalue weighted by molar-refractivity contribution is 0.112. The van der Waals surface area contributed by atoms with Gasteiger partial charge in [-0.05, 0) is 22.3 Å². The summed E-state index contributed by atoms with van der Waals surface area (Å²) >= 11 is 0. The van der Waals surface area contributed by atoms with Crippen LogP contribution in [0.3, 0.4) is 0 Å². The molecule has 24 heavy (non-hydrogen) atoms. The zero-order valence-corrected chi connectivity index (χ0v) is 13.3. The maximum atomic E-state index is 11.4. The van der Waals surface area contributed by atoms with Crippen LogP contribution in [-0.2, 0) is 0 Å². The van der Waals surface area contributed by atoms with Gasteiger partial charge in [-0.2, -0.15) is 0 Å². The van der Waals surface area contributed by atoms with Gasteiger partial charge in [0.1, 0.15) is 0 Å². The molecular formula is C23H18O. The van der Waals surface area contributed by atoms with Crippen molar-refractivity contribution in [3.8, 4) is 0 Å². The first-order valence-corrected chi connectivity index (χ1v) is 7.91. The molecule has 1 heteroatoms. The molecule has 0 radical (unpaired) electrons. The molecule has 0 fully saturated rings. The van der Waals surface area contributed by atoms with Crippen LogP contribution >= 0.6 is 0 Å². The Morgan fingerprint density at radius 2 is 1.04 bits per heavy atom. The SMILES string of the molecule is O=Cc1cccc(C=Cc2ccccc2)c1C=Cc1ccccc1. The molecule has 0 N–H and O–H groups in total. The first kappa shape index (κ1) is 15.7. The number of carbonyl (C=O) groups is 1. The van der Waals surface area contributed by atoms with Crippen molar-refractivity contribution in [3.05, 3.63) is 107 Å². The molecule has 0 atom stereocenters. The zero-order valence-electron chi connectivity index (χ0n) is 13.3. The van der Waals surface area contributed by atoms with Crippen molar-refractivity contribution in [2.45, 2.75) is 0 Å². The van der Waals surface area contributed by atoms with Crippen LogP contribution in [0.4, 0.5) is 0 Å². The fourth-order valence-corrected chi connectivity index (χ4v) is 2.54. The molecular weight excluding hydrogens is 292 g/mol. The number of aldehydes is 1. The Morgan fingerprint density at radius 1 is 0.500 bits per heavy atom. The van der Waals surface area contributed by atoms with Gasteiger partial charge < -0.3 is 0 Å². The minimum Gasteiger partial charge on any atom is -0.298 e. The molecule has 3 aromatic rings. The third kappa shape index (κ3) is 3.96. The van der Waals surface area contributed by atoms with Gasteiger partial charge in [0, 0.05) is 5.56 Å². The molecule has 0 aliphatic rings. The van der Waals surface area contributed by atoms with E-state index in [4.69, 9.17) is 0 Å². The quantitative estimate of drug-likeness (QED) is 0.427. The van der Waals surface area contributed by atoms with Gasteiger partial charge in [-0.1, -0.05) is 103 Å². The van der Waals surface area contributed by atoms with E-state index in [0.717, 1.165) is 28.5 Å². The lowest BCUT2D eigenvalue weighted by atomic mass is 9.99. The fraction of sp³-hybridized carbons (Fsp3) is 0. The topological polar surface area (TPSA) is 17.1 Å². The number of carbonyl (C=O) groups excluding carboxylic acids is 1. The highest BCUT2D eigenvalue weighted by atomic mass is 16.1. The minimum absolute atomic E-state index is 0.692. The van der Waals surface area contributed by atoms with E-state index in [2.05, 4.69) is 18.2 Å². The monoisotopic (exact) mass is 310 g/mol. The Bertz CT molecular complexity index is 859. The highest BCUT2D eigenvalue weighted by Crippen LogP contribution is 2.20. The molecule has 116 valence electrons. The second kappa shape index (κ2) is 7.89. The summed E-state index contributed by atoms with van der Waals surface area (Å²) in [5.41, 5.74) is 4.89. The average Bonchev–Trinajstić information content (AvgIpc) is 2.66. The Morgan fingerprint density at radius 3 is 1.62 bits per heavy atom. The van der Waals surface area contributed by atoms with Gasteiger partial charge in [0.05, 0.1) is 0 Å². The second-order valence-electron chi connectivity index (χ2n) is 5.46. The summed E-state index contributed by atoms with van der Waals surface area (Å²) in [5.74, 6) is 0. The van der Waals surface area contributed by atoms with Crippen molar-refractivity contribution < 1.29 is 4.79 Å². The Hall–Kier alpha value is -3.19. The van der Waals surface area contributed by atoms with Crippen molar-refractivity contribution in [1.82, 2.24) is 0 Å². The zero-order chi connectivity index (χ0) is 16.6. The lowest BCUT2D eigenvalue weighted by Crippen LogP contribution is -1.90. The molecule has 3 rings (SSSR count). The molecule has 3 aromatic carbocycles. The molecule has 0 saturated heterocycles. The molecule has 0 amide bonds. The van der Waals surface area contributed by atoms with Gasteiger partial charge in [-0.25, -0.2) is 0 Å². The molecule has 0 bridgehead atoms. The Labute approximate surface area is 142 Å². The van der Waals surface area contributed by atoms with Gasteiger partial charge in [0.15, 0.2) is 6.29 Å². The van der Waals surface area contributed by atoms with E-state index < -0.39 is 0 Å². The summed E-state index contributed by atoms with van der Waals surface area (Å²) in [6.45, 7) is 0. The van der Waals surface area contributed by atoms with Crippen LogP contribution in [0.1, 0.15) is 32.6 Å². The molecule has 0 aromatic heterocycles.